The molecule has 106 valence electrons. The molecular formula is C11H15FN2O4S. The van der Waals surface area contributed by atoms with Crippen molar-refractivity contribution >= 4 is 21.7 Å². The number of nitrogens with one attached hydrogen (secondary N) is 2. The molecule has 19 heavy (non-hydrogen) atoms. The molecule has 0 aliphatic carbocycles. The van der Waals surface area contributed by atoms with Crippen molar-refractivity contribution in [1.82, 2.24) is 4.72 Å². The van der Waals surface area contributed by atoms with Gasteiger partial charge >= 0.3 is 5.97 Å². The molecule has 0 aliphatic heterocycles. The average Bonchev–Trinajstić information content (AvgIpc) is 2.28. The molecule has 0 saturated carbocycles. The molecule has 8 heteroatoms. The monoisotopic (exact) mass is 290 g/mol. The maximum absolute atomic E-state index is 13.3. The molecule has 0 bridgehead atoms. The Balaban J connectivity index is 2.60. The van der Waals surface area contributed by atoms with Crippen molar-refractivity contribution in [2.45, 2.75) is 6.92 Å². The van der Waals surface area contributed by atoms with E-state index >= 15 is 0 Å². The third kappa shape index (κ3) is 4.84. The van der Waals surface area contributed by atoms with Gasteiger partial charge in [0.2, 0.25) is 10.0 Å². The molecular weight excluding hydrogens is 275 g/mol. The standard InChI is InChI=1S/C11H15FN2O4S/c1-2-14-19(17,18)6-5-13-8-3-4-9(11(15)16)10(12)7-8/h3-4,7,13-14H,2,5-6H2,1H3,(H,15,16). The number of carbonyl (C=O) groups is 1. The highest BCUT2D eigenvalue weighted by molar-refractivity contribution is 7.89. The SMILES string of the molecule is CCNS(=O)(=O)CCNc1ccc(C(=O)O)c(F)c1. The first kappa shape index (κ1) is 15.4. The van der Waals surface area contributed by atoms with Gasteiger partial charge in [-0.3, -0.25) is 0 Å². The normalized spacial score (nSPS) is 11.3. The van der Waals surface area contributed by atoms with Crippen molar-refractivity contribution < 1.29 is 22.7 Å². The molecule has 3 N–H and O–H groups in total. The molecule has 1 aromatic rings. The van der Waals surface area contributed by atoms with Crippen LogP contribution in [0.1, 0.15) is 17.3 Å². The number of sulfonamides is 1. The second-order valence-corrected chi connectivity index (χ2v) is 5.67. The lowest BCUT2D eigenvalue weighted by Gasteiger charge is -2.08. The Labute approximate surface area is 110 Å². The number of hydrogen-bond donors (Lipinski definition) is 3. The number of halogens is 1. The molecule has 0 atom stereocenters. The Morgan fingerprint density at radius 2 is 2.11 bits per heavy atom. The van der Waals surface area contributed by atoms with Crippen LogP contribution >= 0.6 is 0 Å². The number of hydrogen-bond acceptors (Lipinski definition) is 4. The summed E-state index contributed by atoms with van der Waals surface area (Å²) in [4.78, 5) is 10.6. The summed E-state index contributed by atoms with van der Waals surface area (Å²) in [5.74, 6) is -2.37. The molecule has 6 nitrogen and oxygen atoms in total. The Hall–Kier alpha value is -1.67. The molecule has 0 fully saturated rings. The van der Waals surface area contributed by atoms with E-state index < -0.39 is 27.4 Å². The maximum atomic E-state index is 13.3. The van der Waals surface area contributed by atoms with E-state index in [1.807, 2.05) is 0 Å². The van der Waals surface area contributed by atoms with Gasteiger partial charge in [-0.1, -0.05) is 6.92 Å². The Kier molecular flexibility index (Phi) is 5.25. The fourth-order valence-corrected chi connectivity index (χ4v) is 2.38. The first-order valence-corrected chi connectivity index (χ1v) is 7.25. The molecule has 0 aromatic heterocycles. The summed E-state index contributed by atoms with van der Waals surface area (Å²) in [6.07, 6.45) is 0. The summed E-state index contributed by atoms with van der Waals surface area (Å²) in [5.41, 5.74) is -0.0972. The molecule has 1 aromatic carbocycles. The van der Waals surface area contributed by atoms with Gasteiger partial charge in [-0.15, -0.1) is 0 Å². The number of rotatable bonds is 7. The zero-order valence-corrected chi connectivity index (χ0v) is 11.1. The lowest BCUT2D eigenvalue weighted by atomic mass is 10.2. The zero-order chi connectivity index (χ0) is 14.5. The van der Waals surface area contributed by atoms with Crippen LogP contribution in [0.2, 0.25) is 0 Å². The summed E-state index contributed by atoms with van der Waals surface area (Å²) >= 11 is 0. The third-order valence-corrected chi connectivity index (χ3v) is 3.73. The van der Waals surface area contributed by atoms with E-state index in [1.165, 1.54) is 6.07 Å². The minimum atomic E-state index is -3.33. The van der Waals surface area contributed by atoms with Crippen molar-refractivity contribution in [2.75, 3.05) is 24.2 Å². The van der Waals surface area contributed by atoms with Crippen LogP contribution in [0.4, 0.5) is 10.1 Å². The molecule has 0 saturated heterocycles. The average molecular weight is 290 g/mol. The van der Waals surface area contributed by atoms with Gasteiger partial charge in [0.05, 0.1) is 11.3 Å². The van der Waals surface area contributed by atoms with Crippen LogP contribution in [0.25, 0.3) is 0 Å². The number of anilines is 1. The van der Waals surface area contributed by atoms with Gasteiger partial charge in [-0.05, 0) is 18.2 Å². The van der Waals surface area contributed by atoms with E-state index in [9.17, 15) is 17.6 Å². The van der Waals surface area contributed by atoms with E-state index in [1.54, 1.807) is 6.92 Å². The summed E-state index contributed by atoms with van der Waals surface area (Å²) in [6.45, 7) is 2.08. The summed E-state index contributed by atoms with van der Waals surface area (Å²) in [6, 6.07) is 3.52. The smallest absolute Gasteiger partial charge is 0.338 e. The van der Waals surface area contributed by atoms with Gasteiger partial charge in [0.1, 0.15) is 5.82 Å². The van der Waals surface area contributed by atoms with E-state index in [4.69, 9.17) is 5.11 Å². The lowest BCUT2D eigenvalue weighted by Crippen LogP contribution is -2.29. The predicted molar refractivity (Wildman–Crippen MR) is 69.3 cm³/mol. The number of carboxylic acid groups (broad SMARTS) is 1. The predicted octanol–water partition coefficient (Wildman–Crippen LogP) is 0.875. The molecule has 0 heterocycles. The first-order chi connectivity index (χ1) is 8.85. The minimum absolute atomic E-state index is 0.0984. The van der Waals surface area contributed by atoms with Crippen LogP contribution in [-0.2, 0) is 10.0 Å². The minimum Gasteiger partial charge on any atom is -0.478 e. The Morgan fingerprint density at radius 1 is 1.42 bits per heavy atom. The third-order valence-electron chi connectivity index (χ3n) is 2.26. The van der Waals surface area contributed by atoms with Gasteiger partial charge in [-0.25, -0.2) is 22.3 Å². The van der Waals surface area contributed by atoms with Gasteiger partial charge in [0, 0.05) is 18.8 Å². The largest absolute Gasteiger partial charge is 0.478 e. The van der Waals surface area contributed by atoms with E-state index in [0.717, 1.165) is 12.1 Å². The maximum Gasteiger partial charge on any atom is 0.338 e. The Morgan fingerprint density at radius 3 is 2.63 bits per heavy atom. The Bertz CT molecular complexity index is 560. The van der Waals surface area contributed by atoms with Gasteiger partial charge < -0.3 is 10.4 Å². The molecule has 0 amide bonds. The van der Waals surface area contributed by atoms with Crippen molar-refractivity contribution in [2.24, 2.45) is 0 Å². The van der Waals surface area contributed by atoms with E-state index in [0.29, 0.717) is 12.2 Å². The van der Waals surface area contributed by atoms with Crippen LogP contribution in [0.15, 0.2) is 18.2 Å². The van der Waals surface area contributed by atoms with Gasteiger partial charge in [-0.2, -0.15) is 0 Å². The van der Waals surface area contributed by atoms with Crippen LogP contribution in [0, 0.1) is 5.82 Å². The second kappa shape index (κ2) is 6.48. The van der Waals surface area contributed by atoms with Crippen molar-refractivity contribution in [1.29, 1.82) is 0 Å². The van der Waals surface area contributed by atoms with Gasteiger partial charge in [0.15, 0.2) is 0 Å². The summed E-state index contributed by atoms with van der Waals surface area (Å²) < 4.78 is 38.3. The molecule has 0 radical (unpaired) electrons. The second-order valence-electron chi connectivity index (χ2n) is 3.74. The quantitative estimate of drug-likeness (QED) is 0.692. The van der Waals surface area contributed by atoms with Crippen LogP contribution < -0.4 is 10.0 Å². The highest BCUT2D eigenvalue weighted by Crippen LogP contribution is 2.14. The topological polar surface area (TPSA) is 95.5 Å². The molecule has 1 rings (SSSR count). The van der Waals surface area contributed by atoms with E-state index in [-0.39, 0.29) is 12.3 Å². The summed E-state index contributed by atoms with van der Waals surface area (Å²) in [7, 11) is -3.33. The zero-order valence-electron chi connectivity index (χ0n) is 10.3. The van der Waals surface area contributed by atoms with Gasteiger partial charge in [0.25, 0.3) is 0 Å². The van der Waals surface area contributed by atoms with Crippen LogP contribution in [-0.4, -0.2) is 38.3 Å². The number of aromatic carboxylic acids is 1. The highest BCUT2D eigenvalue weighted by atomic mass is 32.2. The fraction of sp³-hybridized carbons (Fsp3) is 0.364. The molecule has 0 aliphatic rings. The molecule has 0 unspecified atom stereocenters. The summed E-state index contributed by atoms with van der Waals surface area (Å²) in [5, 5.41) is 11.4. The highest BCUT2D eigenvalue weighted by Gasteiger charge is 2.11. The van der Waals surface area contributed by atoms with Crippen molar-refractivity contribution in [3.8, 4) is 0 Å². The van der Waals surface area contributed by atoms with Crippen LogP contribution in [0.3, 0.4) is 0 Å². The lowest BCUT2D eigenvalue weighted by molar-refractivity contribution is 0.0692. The number of carboxylic acids is 1. The van der Waals surface area contributed by atoms with Crippen molar-refractivity contribution in [3.63, 3.8) is 0 Å². The van der Waals surface area contributed by atoms with Crippen molar-refractivity contribution in [3.05, 3.63) is 29.6 Å². The first-order valence-electron chi connectivity index (χ1n) is 5.60. The molecule has 0 spiro atoms. The fourth-order valence-electron chi connectivity index (χ4n) is 1.42. The van der Waals surface area contributed by atoms with E-state index in [2.05, 4.69) is 10.0 Å². The van der Waals surface area contributed by atoms with Crippen LogP contribution in [0.5, 0.6) is 0 Å². The number of benzene rings is 1.